The van der Waals surface area contributed by atoms with E-state index >= 15 is 0 Å². The Hall–Kier alpha value is -3.67. The molecule has 180 valence electrons. The van der Waals surface area contributed by atoms with E-state index in [-0.39, 0.29) is 35.3 Å². The molecule has 3 rings (SSSR count). The largest absolute Gasteiger partial charge is 0.468 e. The molecular formula is C20H22FN7O5S. The first kappa shape index (κ1) is 25.0. The van der Waals surface area contributed by atoms with Crippen molar-refractivity contribution < 1.29 is 27.1 Å². The van der Waals surface area contributed by atoms with Crippen LogP contribution in [0.25, 0.3) is 0 Å². The van der Waals surface area contributed by atoms with Gasteiger partial charge in [-0.3, -0.25) is 9.59 Å². The van der Waals surface area contributed by atoms with Crippen LogP contribution in [-0.2, 0) is 24.3 Å². The van der Waals surface area contributed by atoms with Crippen molar-refractivity contribution in [3.63, 3.8) is 0 Å². The minimum atomic E-state index is -3.98. The van der Waals surface area contributed by atoms with E-state index in [1.165, 1.54) is 19.2 Å². The molecule has 0 saturated carbocycles. The van der Waals surface area contributed by atoms with Crippen LogP contribution in [0.3, 0.4) is 0 Å². The number of benzene rings is 1. The number of ether oxygens (including phenoxy) is 1. The third kappa shape index (κ3) is 5.28. The van der Waals surface area contributed by atoms with E-state index in [0.717, 1.165) is 6.20 Å². The molecule has 5 N–H and O–H groups in total. The number of halogens is 1. The number of nitrogens with one attached hydrogen (secondary N) is 3. The average molecular weight is 492 g/mol. The zero-order valence-corrected chi connectivity index (χ0v) is 19.1. The van der Waals surface area contributed by atoms with Gasteiger partial charge in [-0.05, 0) is 24.6 Å². The Labute approximate surface area is 194 Å². The highest BCUT2D eigenvalue weighted by Gasteiger charge is 2.48. The van der Waals surface area contributed by atoms with Gasteiger partial charge in [0.1, 0.15) is 11.6 Å². The highest BCUT2D eigenvalue weighted by molar-refractivity contribution is 7.89. The van der Waals surface area contributed by atoms with E-state index < -0.39 is 45.6 Å². The van der Waals surface area contributed by atoms with Gasteiger partial charge in [0.05, 0.1) is 30.7 Å². The Bertz CT molecular complexity index is 1280. The average Bonchev–Trinajstić information content (AvgIpc) is 3.21. The molecule has 12 nitrogen and oxygen atoms in total. The smallest absolute Gasteiger partial charge is 0.322 e. The van der Waals surface area contributed by atoms with Crippen molar-refractivity contribution in [1.82, 2.24) is 15.3 Å². The summed E-state index contributed by atoms with van der Waals surface area (Å²) < 4.78 is 42.8. The molecule has 1 aromatic carbocycles. The first-order chi connectivity index (χ1) is 16.0. The zero-order chi connectivity index (χ0) is 25.1. The molecule has 0 radical (unpaired) electrons. The summed E-state index contributed by atoms with van der Waals surface area (Å²) in [5.41, 5.74) is -0.788. The summed E-state index contributed by atoms with van der Waals surface area (Å²) in [6, 6.07) is 5.29. The number of nitriles is 1. The highest BCUT2D eigenvalue weighted by atomic mass is 32.2. The van der Waals surface area contributed by atoms with Crippen molar-refractivity contribution in [2.24, 2.45) is 5.14 Å². The molecule has 0 bridgehead atoms. The van der Waals surface area contributed by atoms with E-state index in [9.17, 15) is 22.4 Å². The van der Waals surface area contributed by atoms with Crippen LogP contribution in [-0.4, -0.2) is 55.4 Å². The number of Topliss-reactive ketones (excluding diaryl/α,β-unsaturated/α-hetero) is 1. The molecule has 14 heteroatoms. The Morgan fingerprint density at radius 2 is 2.18 bits per heavy atom. The summed E-state index contributed by atoms with van der Waals surface area (Å²) in [4.78, 5) is 32.5. The second kappa shape index (κ2) is 9.67. The van der Waals surface area contributed by atoms with Gasteiger partial charge < -0.3 is 20.7 Å². The Balaban J connectivity index is 1.91. The lowest BCUT2D eigenvalue weighted by molar-refractivity contribution is -0.142. The maximum absolute atomic E-state index is 14.6. The number of aromatic nitrogens is 2. The number of primary sulfonamides is 1. The van der Waals surface area contributed by atoms with E-state index in [1.807, 2.05) is 0 Å². The lowest BCUT2D eigenvalue weighted by Crippen LogP contribution is -2.48. The molecule has 2 heterocycles. The molecule has 0 amide bonds. The fourth-order valence-corrected chi connectivity index (χ4v) is 4.38. The molecule has 2 aromatic rings. The number of esters is 1. The van der Waals surface area contributed by atoms with Crippen molar-refractivity contribution in [1.29, 1.82) is 5.26 Å². The van der Waals surface area contributed by atoms with Crippen LogP contribution < -0.4 is 21.1 Å². The predicted octanol–water partition coefficient (Wildman–Crippen LogP) is 0.484. The minimum absolute atomic E-state index is 0.0742. The number of sulfonamides is 1. The maximum atomic E-state index is 14.6. The molecule has 2 atom stereocenters. The summed E-state index contributed by atoms with van der Waals surface area (Å²) in [6.07, 6.45) is 0.289. The molecule has 0 unspecified atom stereocenters. The molecular weight excluding hydrogens is 469 g/mol. The van der Waals surface area contributed by atoms with Crippen LogP contribution in [0.15, 0.2) is 29.3 Å². The molecule has 34 heavy (non-hydrogen) atoms. The van der Waals surface area contributed by atoms with Crippen molar-refractivity contribution in [3.8, 4) is 6.07 Å². The van der Waals surface area contributed by atoms with Crippen molar-refractivity contribution in [3.05, 3.63) is 35.8 Å². The number of carbonyl (C=O) groups is 2. The van der Waals surface area contributed by atoms with E-state index in [1.54, 1.807) is 19.1 Å². The Morgan fingerprint density at radius 3 is 2.82 bits per heavy atom. The van der Waals surface area contributed by atoms with Crippen molar-refractivity contribution in [2.75, 3.05) is 24.3 Å². The number of ketones is 1. The molecule has 0 aliphatic carbocycles. The quantitative estimate of drug-likeness (QED) is 0.376. The van der Waals surface area contributed by atoms with Gasteiger partial charge in [-0.1, -0.05) is 6.07 Å². The SMILES string of the molecule is COC(=O)[C@@H]1C[C@@](Nc2nc(Nc3ccc(C)c(S(N)(=O)=O)c3)ncc2F)(C(=O)CC#N)CN1. The van der Waals surface area contributed by atoms with Gasteiger partial charge in [0, 0.05) is 18.7 Å². The summed E-state index contributed by atoms with van der Waals surface area (Å²) in [7, 11) is -2.78. The maximum Gasteiger partial charge on any atom is 0.322 e. The summed E-state index contributed by atoms with van der Waals surface area (Å²) in [6.45, 7) is 1.50. The molecule has 1 aliphatic heterocycles. The molecule has 1 aliphatic rings. The van der Waals surface area contributed by atoms with Gasteiger partial charge in [0.25, 0.3) is 0 Å². The van der Waals surface area contributed by atoms with Crippen LogP contribution in [0.5, 0.6) is 0 Å². The van der Waals surface area contributed by atoms with Gasteiger partial charge in [-0.25, -0.2) is 22.9 Å². The molecule has 1 fully saturated rings. The fourth-order valence-electron chi connectivity index (χ4n) is 3.57. The van der Waals surface area contributed by atoms with Gasteiger partial charge in [0.15, 0.2) is 17.4 Å². The molecule has 0 spiro atoms. The predicted molar refractivity (Wildman–Crippen MR) is 118 cm³/mol. The molecule has 1 saturated heterocycles. The van der Waals surface area contributed by atoms with Crippen LogP contribution in [0.2, 0.25) is 0 Å². The fraction of sp³-hybridized carbons (Fsp3) is 0.350. The van der Waals surface area contributed by atoms with Gasteiger partial charge in [-0.15, -0.1) is 0 Å². The monoisotopic (exact) mass is 491 g/mol. The third-order valence-electron chi connectivity index (χ3n) is 5.31. The standard InChI is InChI=1S/C20H22FN7O5S/c1-11-3-4-12(7-15(11)34(23,31)32)26-19-24-9-13(21)17(27-19)28-20(16(29)5-6-22)8-14(25-10-20)18(30)33-2/h3-4,7,9,14,25H,5,8,10H2,1-2H3,(H2,23,31,32)(H2,24,26,27,28)/t14-,20-/m0/s1. The lowest BCUT2D eigenvalue weighted by Gasteiger charge is -2.28. The number of carbonyl (C=O) groups excluding carboxylic acids is 2. The number of nitrogens with zero attached hydrogens (tertiary/aromatic N) is 3. The summed E-state index contributed by atoms with van der Waals surface area (Å²) in [5, 5.41) is 22.6. The Kier molecular flexibility index (Phi) is 7.10. The second-order valence-corrected chi connectivity index (χ2v) is 9.20. The topological polar surface area (TPSA) is 189 Å². The number of aryl methyl sites for hydroxylation is 1. The van der Waals surface area contributed by atoms with Crippen molar-refractivity contribution >= 4 is 39.2 Å². The highest BCUT2D eigenvalue weighted by Crippen LogP contribution is 2.29. The van der Waals surface area contributed by atoms with Gasteiger partial charge in [-0.2, -0.15) is 10.2 Å². The summed E-state index contributed by atoms with van der Waals surface area (Å²) >= 11 is 0. The third-order valence-corrected chi connectivity index (χ3v) is 6.37. The lowest BCUT2D eigenvalue weighted by atomic mass is 9.89. The van der Waals surface area contributed by atoms with Crippen LogP contribution in [0.1, 0.15) is 18.4 Å². The van der Waals surface area contributed by atoms with Gasteiger partial charge >= 0.3 is 5.97 Å². The van der Waals surface area contributed by atoms with Crippen molar-refractivity contribution in [2.45, 2.75) is 36.2 Å². The van der Waals surface area contributed by atoms with Gasteiger partial charge in [0.2, 0.25) is 16.0 Å². The van der Waals surface area contributed by atoms with E-state index in [0.29, 0.717) is 5.56 Å². The number of nitrogens with two attached hydrogens (primary N) is 1. The number of anilines is 3. The second-order valence-electron chi connectivity index (χ2n) is 7.67. The number of hydrogen-bond donors (Lipinski definition) is 4. The number of rotatable bonds is 8. The first-order valence-electron chi connectivity index (χ1n) is 9.92. The summed E-state index contributed by atoms with van der Waals surface area (Å²) in [5.74, 6) is -2.51. The van der Waals surface area contributed by atoms with E-state index in [2.05, 4.69) is 25.9 Å². The van der Waals surface area contributed by atoms with E-state index in [4.69, 9.17) is 15.1 Å². The van der Waals surface area contributed by atoms with Crippen LogP contribution >= 0.6 is 0 Å². The van der Waals surface area contributed by atoms with Crippen LogP contribution in [0.4, 0.5) is 21.8 Å². The number of methoxy groups -OCH3 is 1. The first-order valence-corrected chi connectivity index (χ1v) is 11.5. The van der Waals surface area contributed by atoms with Crippen LogP contribution in [0, 0.1) is 24.1 Å². The number of hydrogen-bond acceptors (Lipinski definition) is 11. The Morgan fingerprint density at radius 1 is 1.44 bits per heavy atom. The molecule has 1 aromatic heterocycles. The zero-order valence-electron chi connectivity index (χ0n) is 18.3. The normalized spacial score (nSPS) is 19.8. The minimum Gasteiger partial charge on any atom is -0.468 e.